The molecule has 0 aliphatic carbocycles. The van der Waals surface area contributed by atoms with E-state index in [1.165, 1.54) is 5.56 Å². The summed E-state index contributed by atoms with van der Waals surface area (Å²) in [5, 5.41) is 3.49. The average molecular weight is 383 g/mol. The largest absolute Gasteiger partial charge is 0.497 e. The third-order valence-corrected chi connectivity index (χ3v) is 4.45. The highest BCUT2D eigenvalue weighted by Crippen LogP contribution is 2.25. The van der Waals surface area contributed by atoms with Crippen LogP contribution in [0.3, 0.4) is 0 Å². The lowest BCUT2D eigenvalue weighted by molar-refractivity contribution is -0.116. The molecule has 1 amide bonds. The Bertz CT molecular complexity index is 644. The number of carbonyl (C=O) groups excluding carboxylic acids is 1. The first kappa shape index (κ1) is 16.8. The van der Waals surface area contributed by atoms with E-state index in [0.717, 1.165) is 28.8 Å². The predicted molar refractivity (Wildman–Crippen MR) is 93.7 cm³/mol. The molecule has 5 heteroatoms. The smallest absolute Gasteiger partial charge is 0.224 e. The first-order valence-corrected chi connectivity index (χ1v) is 8.13. The molecule has 0 fully saturated rings. The van der Waals surface area contributed by atoms with Gasteiger partial charge in [-0.05, 0) is 64.7 Å². The number of amides is 1. The number of halogens is 2. The number of anilines is 1. The summed E-state index contributed by atoms with van der Waals surface area (Å²) >= 11 is 9.26. The molecule has 0 radical (unpaired) electrons. The quantitative estimate of drug-likeness (QED) is 0.757. The fourth-order valence-electron chi connectivity index (χ4n) is 2.04. The van der Waals surface area contributed by atoms with E-state index >= 15 is 0 Å². The molecule has 116 valence electrons. The van der Waals surface area contributed by atoms with Crippen molar-refractivity contribution in [2.24, 2.45) is 0 Å². The Morgan fingerprint density at radius 2 is 1.95 bits per heavy atom. The second kappa shape index (κ2) is 8.20. The third-order valence-electron chi connectivity index (χ3n) is 3.23. The first-order chi connectivity index (χ1) is 10.6. The van der Waals surface area contributed by atoms with Gasteiger partial charge >= 0.3 is 0 Å². The molecule has 0 saturated carbocycles. The van der Waals surface area contributed by atoms with Crippen LogP contribution >= 0.6 is 27.5 Å². The van der Waals surface area contributed by atoms with Crippen LogP contribution in [0.25, 0.3) is 0 Å². The molecule has 0 bridgehead atoms. The lowest BCUT2D eigenvalue weighted by Crippen LogP contribution is -2.11. The van der Waals surface area contributed by atoms with Gasteiger partial charge in [0.2, 0.25) is 5.91 Å². The zero-order chi connectivity index (χ0) is 15.9. The summed E-state index contributed by atoms with van der Waals surface area (Å²) in [4.78, 5) is 11.9. The van der Waals surface area contributed by atoms with Crippen molar-refractivity contribution in [3.05, 3.63) is 57.5 Å². The van der Waals surface area contributed by atoms with E-state index in [0.29, 0.717) is 11.4 Å². The highest BCUT2D eigenvalue weighted by atomic mass is 79.9. The maximum absolute atomic E-state index is 11.9. The average Bonchev–Trinajstić information content (AvgIpc) is 2.51. The summed E-state index contributed by atoms with van der Waals surface area (Å²) in [5.41, 5.74) is 1.94. The zero-order valence-corrected chi connectivity index (χ0v) is 14.6. The third kappa shape index (κ3) is 5.04. The summed E-state index contributed by atoms with van der Waals surface area (Å²) in [6, 6.07) is 13.2. The fourth-order valence-corrected chi connectivity index (χ4v) is 2.54. The Hall–Kier alpha value is -1.52. The van der Waals surface area contributed by atoms with Gasteiger partial charge in [-0.2, -0.15) is 0 Å². The number of aryl methyl sites for hydroxylation is 1. The van der Waals surface area contributed by atoms with Gasteiger partial charge in [-0.25, -0.2) is 0 Å². The van der Waals surface area contributed by atoms with Gasteiger partial charge in [-0.1, -0.05) is 23.7 Å². The molecule has 2 rings (SSSR count). The summed E-state index contributed by atoms with van der Waals surface area (Å²) in [6.07, 6.45) is 2.14. The van der Waals surface area contributed by atoms with E-state index in [2.05, 4.69) is 21.2 Å². The van der Waals surface area contributed by atoms with Crippen molar-refractivity contribution in [3.8, 4) is 5.75 Å². The lowest BCUT2D eigenvalue weighted by atomic mass is 10.1. The second-order valence-corrected chi connectivity index (χ2v) is 6.14. The molecule has 3 nitrogen and oxygen atoms in total. The van der Waals surface area contributed by atoms with Crippen LogP contribution in [0.5, 0.6) is 5.75 Å². The Labute approximate surface area is 143 Å². The van der Waals surface area contributed by atoms with Crippen molar-refractivity contribution in [1.82, 2.24) is 0 Å². The lowest BCUT2D eigenvalue weighted by Gasteiger charge is -2.07. The number of ether oxygens (including phenoxy) is 1. The first-order valence-electron chi connectivity index (χ1n) is 6.96. The molecular weight excluding hydrogens is 366 g/mol. The number of carbonyl (C=O) groups is 1. The number of hydrogen-bond acceptors (Lipinski definition) is 2. The molecule has 0 saturated heterocycles. The number of benzene rings is 2. The van der Waals surface area contributed by atoms with Crippen LogP contribution in [-0.2, 0) is 11.2 Å². The van der Waals surface area contributed by atoms with Crippen molar-refractivity contribution in [3.63, 3.8) is 0 Å². The van der Waals surface area contributed by atoms with Gasteiger partial charge in [0, 0.05) is 16.6 Å². The van der Waals surface area contributed by atoms with E-state index in [-0.39, 0.29) is 5.91 Å². The van der Waals surface area contributed by atoms with Crippen molar-refractivity contribution >= 4 is 39.1 Å². The number of hydrogen-bond donors (Lipinski definition) is 1. The van der Waals surface area contributed by atoms with Gasteiger partial charge in [-0.3, -0.25) is 4.79 Å². The van der Waals surface area contributed by atoms with Crippen LogP contribution < -0.4 is 10.1 Å². The van der Waals surface area contributed by atoms with E-state index in [1.807, 2.05) is 24.3 Å². The van der Waals surface area contributed by atoms with Gasteiger partial charge in [-0.15, -0.1) is 0 Å². The monoisotopic (exact) mass is 381 g/mol. The minimum Gasteiger partial charge on any atom is -0.497 e. The number of methoxy groups -OCH3 is 1. The van der Waals surface area contributed by atoms with Crippen LogP contribution in [0.4, 0.5) is 5.69 Å². The van der Waals surface area contributed by atoms with Crippen molar-refractivity contribution in [2.75, 3.05) is 12.4 Å². The van der Waals surface area contributed by atoms with Crippen LogP contribution in [0.2, 0.25) is 5.02 Å². The highest BCUT2D eigenvalue weighted by Gasteiger charge is 2.05. The molecule has 0 aliphatic heterocycles. The minimum atomic E-state index is 0.00253. The van der Waals surface area contributed by atoms with Crippen LogP contribution in [0.1, 0.15) is 18.4 Å². The van der Waals surface area contributed by atoms with E-state index in [9.17, 15) is 4.79 Å². The Morgan fingerprint density at radius 1 is 1.23 bits per heavy atom. The van der Waals surface area contributed by atoms with Crippen molar-refractivity contribution in [2.45, 2.75) is 19.3 Å². The van der Waals surface area contributed by atoms with Gasteiger partial charge < -0.3 is 10.1 Å². The molecule has 0 aromatic heterocycles. The zero-order valence-electron chi connectivity index (χ0n) is 12.2. The fraction of sp³-hybridized carbons (Fsp3) is 0.235. The Balaban J connectivity index is 1.78. The minimum absolute atomic E-state index is 0.00253. The SMILES string of the molecule is COc1ccc(CCCC(=O)Nc2ccc(Cl)c(Br)c2)cc1. The molecule has 0 unspecified atom stereocenters. The molecule has 1 N–H and O–H groups in total. The summed E-state index contributed by atoms with van der Waals surface area (Å²) in [5.74, 6) is 0.845. The van der Waals surface area contributed by atoms with E-state index in [1.54, 1.807) is 25.3 Å². The van der Waals surface area contributed by atoms with Gasteiger partial charge in [0.15, 0.2) is 0 Å². The van der Waals surface area contributed by atoms with E-state index in [4.69, 9.17) is 16.3 Å². The molecule has 2 aromatic carbocycles. The summed E-state index contributed by atoms with van der Waals surface area (Å²) in [6.45, 7) is 0. The molecule has 0 spiro atoms. The van der Waals surface area contributed by atoms with Crippen molar-refractivity contribution in [1.29, 1.82) is 0 Å². The summed E-state index contributed by atoms with van der Waals surface area (Å²) in [7, 11) is 1.65. The van der Waals surface area contributed by atoms with Gasteiger partial charge in [0.25, 0.3) is 0 Å². The van der Waals surface area contributed by atoms with Crippen LogP contribution in [0, 0.1) is 0 Å². The standard InChI is InChI=1S/C17H17BrClNO2/c1-22-14-8-5-12(6-9-14)3-2-4-17(21)20-13-7-10-16(19)15(18)11-13/h5-11H,2-4H2,1H3,(H,20,21). The van der Waals surface area contributed by atoms with Crippen LogP contribution in [-0.4, -0.2) is 13.0 Å². The molecular formula is C17H17BrClNO2. The van der Waals surface area contributed by atoms with Gasteiger partial charge in [0.1, 0.15) is 5.75 Å². The number of nitrogens with one attached hydrogen (secondary N) is 1. The Morgan fingerprint density at radius 3 is 2.59 bits per heavy atom. The second-order valence-electron chi connectivity index (χ2n) is 4.88. The van der Waals surface area contributed by atoms with Crippen LogP contribution in [0.15, 0.2) is 46.9 Å². The number of rotatable bonds is 6. The predicted octanol–water partition coefficient (Wildman–Crippen LogP) is 5.07. The normalized spacial score (nSPS) is 10.3. The Kier molecular flexibility index (Phi) is 6.28. The van der Waals surface area contributed by atoms with E-state index < -0.39 is 0 Å². The maximum atomic E-state index is 11.9. The maximum Gasteiger partial charge on any atom is 0.224 e. The molecule has 0 heterocycles. The highest BCUT2D eigenvalue weighted by molar-refractivity contribution is 9.10. The topological polar surface area (TPSA) is 38.3 Å². The van der Waals surface area contributed by atoms with Gasteiger partial charge in [0.05, 0.1) is 12.1 Å². The molecule has 0 atom stereocenters. The molecule has 2 aromatic rings. The molecule has 0 aliphatic rings. The molecule has 22 heavy (non-hydrogen) atoms. The van der Waals surface area contributed by atoms with Crippen molar-refractivity contribution < 1.29 is 9.53 Å². The summed E-state index contributed by atoms with van der Waals surface area (Å²) < 4.78 is 5.89.